The molecule has 0 aliphatic carbocycles. The lowest BCUT2D eigenvalue weighted by molar-refractivity contribution is 0.0697. The molecular weight excluding hydrogens is 260 g/mol. The molecule has 0 fully saturated rings. The Labute approximate surface area is 117 Å². The van der Waals surface area contributed by atoms with Crippen molar-refractivity contribution in [2.24, 2.45) is 5.92 Å². The fraction of sp³-hybridized carbons (Fsp3) is 0.429. The van der Waals surface area contributed by atoms with Crippen molar-refractivity contribution in [2.75, 3.05) is 5.32 Å². The molecule has 20 heavy (non-hydrogen) atoms. The van der Waals surface area contributed by atoms with E-state index in [9.17, 15) is 14.7 Å². The third kappa shape index (κ3) is 4.79. The van der Waals surface area contributed by atoms with E-state index >= 15 is 0 Å². The van der Waals surface area contributed by atoms with E-state index in [4.69, 9.17) is 5.11 Å². The number of anilines is 1. The summed E-state index contributed by atoms with van der Waals surface area (Å²) >= 11 is 0. The molecule has 2 amide bonds. The van der Waals surface area contributed by atoms with Crippen LogP contribution in [-0.4, -0.2) is 28.3 Å². The van der Waals surface area contributed by atoms with Crippen LogP contribution in [0.15, 0.2) is 18.2 Å². The number of phenolic OH excluding ortho intramolecular Hbond substituents is 1. The average Bonchev–Trinajstić information content (AvgIpc) is 2.29. The number of carbonyl (C=O) groups is 2. The quantitative estimate of drug-likeness (QED) is 0.623. The van der Waals surface area contributed by atoms with Crippen LogP contribution >= 0.6 is 0 Å². The minimum Gasteiger partial charge on any atom is -0.508 e. The molecule has 0 saturated carbocycles. The van der Waals surface area contributed by atoms with E-state index in [-0.39, 0.29) is 23.0 Å². The molecule has 1 atom stereocenters. The molecule has 0 spiro atoms. The third-order valence-corrected chi connectivity index (χ3v) is 2.68. The zero-order chi connectivity index (χ0) is 15.3. The maximum absolute atomic E-state index is 11.8. The lowest BCUT2D eigenvalue weighted by atomic mass is 10.1. The van der Waals surface area contributed by atoms with Gasteiger partial charge in [0.2, 0.25) is 0 Å². The number of aromatic carboxylic acids is 1. The summed E-state index contributed by atoms with van der Waals surface area (Å²) in [6.45, 7) is 5.99. The Hall–Kier alpha value is -2.24. The maximum atomic E-state index is 11.8. The lowest BCUT2D eigenvalue weighted by Crippen LogP contribution is -2.37. The summed E-state index contributed by atoms with van der Waals surface area (Å²) in [7, 11) is 0. The predicted molar refractivity (Wildman–Crippen MR) is 76.1 cm³/mol. The number of benzene rings is 1. The number of nitrogens with one attached hydrogen (secondary N) is 2. The Morgan fingerprint density at radius 2 is 1.90 bits per heavy atom. The summed E-state index contributed by atoms with van der Waals surface area (Å²) in [5.74, 6) is -0.929. The van der Waals surface area contributed by atoms with Crippen LogP contribution in [0.3, 0.4) is 0 Å². The molecule has 0 saturated heterocycles. The maximum Gasteiger partial charge on any atom is 0.337 e. The number of carboxylic acids is 1. The summed E-state index contributed by atoms with van der Waals surface area (Å²) < 4.78 is 0. The monoisotopic (exact) mass is 280 g/mol. The number of carboxylic acid groups (broad SMARTS) is 1. The molecule has 1 rings (SSSR count). The van der Waals surface area contributed by atoms with Crippen LogP contribution < -0.4 is 10.6 Å². The van der Waals surface area contributed by atoms with Crippen molar-refractivity contribution in [3.63, 3.8) is 0 Å². The van der Waals surface area contributed by atoms with Crippen LogP contribution in [0.1, 0.15) is 37.6 Å². The summed E-state index contributed by atoms with van der Waals surface area (Å²) in [6, 6.07) is 3.28. The van der Waals surface area contributed by atoms with Crippen molar-refractivity contribution in [1.82, 2.24) is 5.32 Å². The van der Waals surface area contributed by atoms with Crippen molar-refractivity contribution in [2.45, 2.75) is 33.2 Å². The van der Waals surface area contributed by atoms with Crippen molar-refractivity contribution in [3.05, 3.63) is 23.8 Å². The molecule has 0 aliphatic rings. The van der Waals surface area contributed by atoms with Gasteiger partial charge in [-0.2, -0.15) is 0 Å². The van der Waals surface area contributed by atoms with Crippen molar-refractivity contribution in [1.29, 1.82) is 0 Å². The molecule has 0 heterocycles. The summed E-state index contributed by atoms with van der Waals surface area (Å²) in [5.41, 5.74) is -0.0128. The Morgan fingerprint density at radius 3 is 2.45 bits per heavy atom. The molecule has 110 valence electrons. The van der Waals surface area contributed by atoms with Gasteiger partial charge >= 0.3 is 12.0 Å². The highest BCUT2D eigenvalue weighted by Crippen LogP contribution is 2.21. The van der Waals surface area contributed by atoms with Gasteiger partial charge in [-0.3, -0.25) is 0 Å². The van der Waals surface area contributed by atoms with Crippen molar-refractivity contribution in [3.8, 4) is 5.75 Å². The molecule has 0 bridgehead atoms. The van der Waals surface area contributed by atoms with E-state index in [0.29, 0.717) is 5.92 Å². The molecule has 6 nitrogen and oxygen atoms in total. The van der Waals surface area contributed by atoms with Gasteiger partial charge in [0.1, 0.15) is 5.75 Å². The molecule has 1 aromatic rings. The van der Waals surface area contributed by atoms with Crippen LogP contribution in [0.2, 0.25) is 0 Å². The normalized spacial score (nSPS) is 12.0. The number of amides is 2. The van der Waals surface area contributed by atoms with Gasteiger partial charge in [-0.15, -0.1) is 0 Å². The van der Waals surface area contributed by atoms with Gasteiger partial charge in [-0.25, -0.2) is 9.59 Å². The van der Waals surface area contributed by atoms with Crippen LogP contribution in [0.5, 0.6) is 5.75 Å². The Kier molecular flexibility index (Phi) is 5.37. The molecule has 0 aliphatic heterocycles. The SMILES string of the molecule is CC(C)CC(C)NC(=O)Nc1ccc(O)cc1C(=O)O. The topological polar surface area (TPSA) is 98.7 Å². The second kappa shape index (κ2) is 6.79. The highest BCUT2D eigenvalue weighted by molar-refractivity contribution is 6.00. The fourth-order valence-corrected chi connectivity index (χ4v) is 1.97. The molecule has 1 aromatic carbocycles. The van der Waals surface area contributed by atoms with E-state index in [1.54, 1.807) is 0 Å². The zero-order valence-electron chi connectivity index (χ0n) is 11.8. The first-order chi connectivity index (χ1) is 9.29. The van der Waals surface area contributed by atoms with Crippen LogP contribution in [0, 0.1) is 5.92 Å². The minimum atomic E-state index is -1.22. The number of aromatic hydroxyl groups is 1. The van der Waals surface area contributed by atoms with Crippen molar-refractivity contribution >= 4 is 17.7 Å². The second-order valence-corrected chi connectivity index (χ2v) is 5.16. The molecule has 1 unspecified atom stereocenters. The first kappa shape index (κ1) is 15.8. The number of carbonyl (C=O) groups excluding carboxylic acids is 1. The largest absolute Gasteiger partial charge is 0.508 e. The van der Waals surface area contributed by atoms with Crippen LogP contribution in [0.25, 0.3) is 0 Å². The zero-order valence-corrected chi connectivity index (χ0v) is 11.8. The number of urea groups is 1. The predicted octanol–water partition coefficient (Wildman–Crippen LogP) is 2.65. The van der Waals surface area contributed by atoms with Gasteiger partial charge in [0.25, 0.3) is 0 Å². The fourth-order valence-electron chi connectivity index (χ4n) is 1.97. The first-order valence-corrected chi connectivity index (χ1v) is 6.43. The first-order valence-electron chi connectivity index (χ1n) is 6.43. The Balaban J connectivity index is 2.73. The van der Waals surface area contributed by atoms with E-state index in [0.717, 1.165) is 12.5 Å². The number of hydrogen-bond acceptors (Lipinski definition) is 3. The van der Waals surface area contributed by atoms with Gasteiger partial charge in [0.15, 0.2) is 0 Å². The molecule has 0 radical (unpaired) electrons. The smallest absolute Gasteiger partial charge is 0.337 e. The number of phenols is 1. The second-order valence-electron chi connectivity index (χ2n) is 5.16. The third-order valence-electron chi connectivity index (χ3n) is 2.68. The van der Waals surface area contributed by atoms with Crippen molar-refractivity contribution < 1.29 is 19.8 Å². The van der Waals surface area contributed by atoms with Gasteiger partial charge in [0, 0.05) is 6.04 Å². The number of hydrogen-bond donors (Lipinski definition) is 4. The van der Waals surface area contributed by atoms with Gasteiger partial charge in [-0.05, 0) is 37.5 Å². The number of rotatable bonds is 5. The van der Waals surface area contributed by atoms with Gasteiger partial charge in [0.05, 0.1) is 11.3 Å². The van der Waals surface area contributed by atoms with E-state index in [2.05, 4.69) is 24.5 Å². The average molecular weight is 280 g/mol. The standard InChI is InChI=1S/C14H20N2O4/c1-8(2)6-9(3)15-14(20)16-12-5-4-10(17)7-11(12)13(18)19/h4-5,7-9,17H,6H2,1-3H3,(H,18,19)(H2,15,16,20). The summed E-state index contributed by atoms with van der Waals surface area (Å²) in [6.07, 6.45) is 0.828. The van der Waals surface area contributed by atoms with Gasteiger partial charge in [-0.1, -0.05) is 13.8 Å². The molecule has 6 heteroatoms. The Morgan fingerprint density at radius 1 is 1.25 bits per heavy atom. The minimum absolute atomic E-state index is 0.0135. The van der Waals surface area contributed by atoms with Crippen LogP contribution in [-0.2, 0) is 0 Å². The molecular formula is C14H20N2O4. The highest BCUT2D eigenvalue weighted by atomic mass is 16.4. The lowest BCUT2D eigenvalue weighted by Gasteiger charge is -2.17. The summed E-state index contributed by atoms with van der Waals surface area (Å²) in [4.78, 5) is 22.8. The molecule has 0 aromatic heterocycles. The van der Waals surface area contributed by atoms with Crippen LogP contribution in [0.4, 0.5) is 10.5 Å². The molecule has 4 N–H and O–H groups in total. The van der Waals surface area contributed by atoms with Gasteiger partial charge < -0.3 is 20.8 Å². The van der Waals surface area contributed by atoms with E-state index in [1.807, 2.05) is 6.92 Å². The Bertz CT molecular complexity index is 500. The van der Waals surface area contributed by atoms with E-state index < -0.39 is 12.0 Å². The van der Waals surface area contributed by atoms with E-state index in [1.165, 1.54) is 12.1 Å². The summed E-state index contributed by atoms with van der Waals surface area (Å²) in [5, 5.41) is 23.5. The highest BCUT2D eigenvalue weighted by Gasteiger charge is 2.14.